The second kappa shape index (κ2) is 4.48. The van der Waals surface area contributed by atoms with E-state index in [4.69, 9.17) is 5.11 Å². The van der Waals surface area contributed by atoms with Crippen molar-refractivity contribution in [2.24, 2.45) is 0 Å². The van der Waals surface area contributed by atoms with Crippen molar-refractivity contribution in [1.29, 1.82) is 0 Å². The number of Topliss-reactive ketones (excluding diaryl/α,β-unsaturated/α-hetero) is 1. The first-order valence-electron chi connectivity index (χ1n) is 6.01. The molecule has 0 saturated carbocycles. The second-order valence-corrected chi connectivity index (χ2v) is 6.45. The number of hydrogen-bond donors (Lipinski definition) is 2. The van der Waals surface area contributed by atoms with Gasteiger partial charge < -0.3 is 10.0 Å². The van der Waals surface area contributed by atoms with Crippen LogP contribution < -0.4 is 10.6 Å². The molecule has 21 heavy (non-hydrogen) atoms. The molecule has 1 aliphatic heterocycles. The lowest BCUT2D eigenvalue weighted by Gasteiger charge is -2.31. The van der Waals surface area contributed by atoms with E-state index in [1.54, 1.807) is 17.0 Å². The minimum absolute atomic E-state index is 0.0841. The lowest BCUT2D eigenvalue weighted by atomic mass is 10.1. The number of aromatic nitrogens is 2. The maximum atomic E-state index is 12.2. The molecule has 1 aromatic heterocycles. The maximum Gasteiger partial charge on any atom is 0.342 e. The van der Waals surface area contributed by atoms with Crippen LogP contribution in [0, 0.1) is 0 Å². The van der Waals surface area contributed by atoms with E-state index < -0.39 is 21.6 Å². The summed E-state index contributed by atoms with van der Waals surface area (Å²) in [6.45, 7) is 0.633. The fourth-order valence-corrected chi connectivity index (χ4v) is 3.26. The Kier molecular flexibility index (Phi) is 2.87. The van der Waals surface area contributed by atoms with Crippen LogP contribution in [0.25, 0.3) is 0 Å². The number of aromatic hydroxyl groups is 1. The van der Waals surface area contributed by atoms with Crippen LogP contribution in [0.5, 0.6) is 5.88 Å². The van der Waals surface area contributed by atoms with E-state index >= 15 is 0 Å². The zero-order valence-corrected chi connectivity index (χ0v) is 11.5. The van der Waals surface area contributed by atoms with Crippen molar-refractivity contribution in [3.63, 3.8) is 0 Å². The molecular formula is C12H11N3O5S. The Bertz CT molecular complexity index is 855. The van der Waals surface area contributed by atoms with E-state index in [9.17, 15) is 18.0 Å². The smallest absolute Gasteiger partial charge is 0.342 e. The molecule has 0 amide bonds. The van der Waals surface area contributed by atoms with Crippen molar-refractivity contribution >= 4 is 21.5 Å². The first kappa shape index (κ1) is 13.4. The van der Waals surface area contributed by atoms with Crippen LogP contribution in [-0.2, 0) is 14.8 Å². The van der Waals surface area contributed by atoms with Crippen LogP contribution in [0.3, 0.4) is 0 Å². The Morgan fingerprint density at radius 1 is 1.10 bits per heavy atom. The SMILES string of the molecule is O=C1CN(c2ccc(S(=O)(=O)n3cc(O)[nH]c3=O)cc2)C1. The van der Waals surface area contributed by atoms with Crippen molar-refractivity contribution in [2.45, 2.75) is 4.90 Å². The van der Waals surface area contributed by atoms with E-state index in [2.05, 4.69) is 0 Å². The second-order valence-electron chi connectivity index (χ2n) is 4.63. The number of carbonyl (C=O) groups excluding carboxylic acids is 1. The molecule has 9 heteroatoms. The molecule has 110 valence electrons. The van der Waals surface area contributed by atoms with Crippen LogP contribution in [-0.4, -0.2) is 41.4 Å². The fourth-order valence-electron chi connectivity index (χ4n) is 2.05. The third-order valence-electron chi connectivity index (χ3n) is 3.17. The Labute approximate surface area is 119 Å². The molecule has 1 aromatic carbocycles. The number of H-pyrrole nitrogens is 1. The average molecular weight is 309 g/mol. The highest BCUT2D eigenvalue weighted by molar-refractivity contribution is 7.90. The van der Waals surface area contributed by atoms with Crippen molar-refractivity contribution in [3.8, 4) is 5.88 Å². The summed E-state index contributed by atoms with van der Waals surface area (Å²) in [5.41, 5.74) is -0.206. The third-order valence-corrected chi connectivity index (χ3v) is 4.82. The quantitative estimate of drug-likeness (QED) is 0.791. The molecule has 1 aliphatic rings. The van der Waals surface area contributed by atoms with E-state index in [1.165, 1.54) is 12.1 Å². The molecule has 1 saturated heterocycles. The van der Waals surface area contributed by atoms with Gasteiger partial charge in [-0.1, -0.05) is 0 Å². The fraction of sp³-hybridized carbons (Fsp3) is 0.167. The van der Waals surface area contributed by atoms with E-state index in [0.717, 1.165) is 11.9 Å². The van der Waals surface area contributed by atoms with Crippen molar-refractivity contribution in [2.75, 3.05) is 18.0 Å². The van der Waals surface area contributed by atoms with Gasteiger partial charge in [-0.05, 0) is 24.3 Å². The number of aromatic amines is 1. The molecule has 1 fully saturated rings. The normalized spacial score (nSPS) is 15.0. The molecule has 0 spiro atoms. The van der Waals surface area contributed by atoms with Gasteiger partial charge in [-0.2, -0.15) is 3.97 Å². The molecule has 0 unspecified atom stereocenters. The molecular weight excluding hydrogens is 298 g/mol. The van der Waals surface area contributed by atoms with Crippen molar-refractivity contribution in [3.05, 3.63) is 40.9 Å². The van der Waals surface area contributed by atoms with Crippen LogP contribution in [0.1, 0.15) is 0 Å². The first-order valence-corrected chi connectivity index (χ1v) is 7.45. The molecule has 0 radical (unpaired) electrons. The number of hydrogen-bond acceptors (Lipinski definition) is 6. The van der Waals surface area contributed by atoms with Crippen molar-refractivity contribution < 1.29 is 18.3 Å². The Morgan fingerprint density at radius 2 is 1.71 bits per heavy atom. The molecule has 0 aliphatic carbocycles. The molecule has 3 rings (SSSR count). The van der Waals surface area contributed by atoms with Gasteiger partial charge in [0.1, 0.15) is 0 Å². The predicted octanol–water partition coefficient (Wildman–Crippen LogP) is -0.492. The van der Waals surface area contributed by atoms with Gasteiger partial charge in [-0.15, -0.1) is 0 Å². The van der Waals surface area contributed by atoms with Gasteiger partial charge >= 0.3 is 5.69 Å². The number of nitrogens with zero attached hydrogens (tertiary/aromatic N) is 2. The molecule has 8 nitrogen and oxygen atoms in total. The minimum atomic E-state index is -4.06. The van der Waals surface area contributed by atoms with Crippen LogP contribution in [0.2, 0.25) is 0 Å². The lowest BCUT2D eigenvalue weighted by molar-refractivity contribution is -0.119. The number of imidazole rings is 1. The van der Waals surface area contributed by atoms with Crippen LogP contribution >= 0.6 is 0 Å². The number of nitrogens with one attached hydrogen (secondary N) is 1. The Hall–Kier alpha value is -2.55. The minimum Gasteiger partial charge on any atom is -0.493 e. The van der Waals surface area contributed by atoms with Gasteiger partial charge in [-0.3, -0.25) is 9.78 Å². The lowest BCUT2D eigenvalue weighted by Crippen LogP contribution is -2.47. The molecule has 0 atom stereocenters. The summed E-state index contributed by atoms with van der Waals surface area (Å²) >= 11 is 0. The number of carbonyl (C=O) groups is 1. The maximum absolute atomic E-state index is 12.2. The summed E-state index contributed by atoms with van der Waals surface area (Å²) < 4.78 is 24.9. The average Bonchev–Trinajstić information content (AvgIpc) is 2.75. The molecule has 2 N–H and O–H groups in total. The summed E-state index contributed by atoms with van der Waals surface area (Å²) in [5, 5.41) is 9.15. The highest BCUT2D eigenvalue weighted by atomic mass is 32.2. The van der Waals surface area contributed by atoms with Gasteiger partial charge in [-0.25, -0.2) is 13.2 Å². The summed E-state index contributed by atoms with van der Waals surface area (Å²) in [5.74, 6) is -0.402. The zero-order valence-electron chi connectivity index (χ0n) is 10.7. The first-order chi connectivity index (χ1) is 9.88. The topological polar surface area (TPSA) is 112 Å². The highest BCUT2D eigenvalue weighted by Gasteiger charge is 2.25. The van der Waals surface area contributed by atoms with E-state index in [1.807, 2.05) is 4.98 Å². The summed E-state index contributed by atoms with van der Waals surface area (Å²) in [6, 6.07) is 5.83. The number of anilines is 1. The highest BCUT2D eigenvalue weighted by Crippen LogP contribution is 2.22. The molecule has 0 bridgehead atoms. The third kappa shape index (κ3) is 2.21. The van der Waals surface area contributed by atoms with E-state index in [0.29, 0.717) is 17.1 Å². The number of rotatable bonds is 3. The standard InChI is InChI=1S/C12H11N3O5S/c16-9-5-14(6-9)8-1-3-10(4-2-8)21(19,20)15-7-11(17)13-12(15)18/h1-4,7,17H,5-6H2,(H,13,18). The Morgan fingerprint density at radius 3 is 2.19 bits per heavy atom. The van der Waals surface area contributed by atoms with Crippen LogP contribution in [0.4, 0.5) is 5.69 Å². The molecule has 2 aromatic rings. The monoisotopic (exact) mass is 309 g/mol. The van der Waals surface area contributed by atoms with Crippen molar-refractivity contribution in [1.82, 2.24) is 8.96 Å². The Balaban J connectivity index is 1.95. The predicted molar refractivity (Wildman–Crippen MR) is 73.0 cm³/mol. The van der Waals surface area contributed by atoms with Gasteiger partial charge in [0.2, 0.25) is 5.88 Å². The summed E-state index contributed by atoms with van der Waals surface area (Å²) in [7, 11) is -4.06. The van der Waals surface area contributed by atoms with Crippen LogP contribution in [0.15, 0.2) is 40.2 Å². The van der Waals surface area contributed by atoms with E-state index in [-0.39, 0.29) is 10.7 Å². The number of ketones is 1. The van der Waals surface area contributed by atoms with Gasteiger partial charge in [0.25, 0.3) is 10.0 Å². The van der Waals surface area contributed by atoms with Gasteiger partial charge in [0.15, 0.2) is 5.78 Å². The number of benzene rings is 1. The summed E-state index contributed by atoms with van der Waals surface area (Å²) in [6.07, 6.45) is 0.805. The van der Waals surface area contributed by atoms with Gasteiger partial charge in [0, 0.05) is 5.69 Å². The largest absolute Gasteiger partial charge is 0.493 e. The zero-order chi connectivity index (χ0) is 15.2. The summed E-state index contributed by atoms with van der Waals surface area (Å²) in [4.78, 5) is 26.1. The van der Waals surface area contributed by atoms with Gasteiger partial charge in [0.05, 0.1) is 24.2 Å². The molecule has 2 heterocycles.